The van der Waals surface area contributed by atoms with E-state index in [0.29, 0.717) is 11.3 Å². The highest BCUT2D eigenvalue weighted by Crippen LogP contribution is 2.17. The summed E-state index contributed by atoms with van der Waals surface area (Å²) in [7, 11) is 0. The van der Waals surface area contributed by atoms with E-state index in [4.69, 9.17) is 15.2 Å². The molecule has 0 aliphatic carbocycles. The maximum Gasteiger partial charge on any atom is 0.344 e. The summed E-state index contributed by atoms with van der Waals surface area (Å²) in [6.07, 6.45) is -1.09. The number of esters is 1. The predicted molar refractivity (Wildman–Crippen MR) is 101 cm³/mol. The summed E-state index contributed by atoms with van der Waals surface area (Å²) in [5.74, 6) is -2.04. The van der Waals surface area contributed by atoms with E-state index in [0.717, 1.165) is 0 Å². The Hall–Kier alpha value is -3.68. The number of anilines is 1. The minimum Gasteiger partial charge on any atom is -0.481 e. The third-order valence-electron chi connectivity index (χ3n) is 3.71. The van der Waals surface area contributed by atoms with Crippen LogP contribution in [0.15, 0.2) is 48.5 Å². The first kappa shape index (κ1) is 20.6. The Labute approximate surface area is 161 Å². The molecule has 2 rings (SSSR count). The number of hydrogen-bond donors (Lipinski definition) is 2. The third-order valence-corrected chi connectivity index (χ3v) is 3.71. The van der Waals surface area contributed by atoms with Crippen molar-refractivity contribution in [3.8, 4) is 5.75 Å². The average molecular weight is 384 g/mol. The standard InChI is InChI=1S/C20H20N2O6/c1-12(23)14-6-5-7-15(10-14)22-20(26)13(2)28-18(24)11-27-17-9-4-3-8-16(17)19(21)25/h3-10,13H,11H2,1-2H3,(H2,21,25)(H,22,26)/t13-/m0/s1. The quantitative estimate of drug-likeness (QED) is 0.529. The van der Waals surface area contributed by atoms with Gasteiger partial charge in [-0.1, -0.05) is 24.3 Å². The van der Waals surface area contributed by atoms with Crippen molar-refractivity contribution in [2.75, 3.05) is 11.9 Å². The summed E-state index contributed by atoms with van der Waals surface area (Å²) < 4.78 is 10.3. The van der Waals surface area contributed by atoms with Crippen LogP contribution >= 0.6 is 0 Å². The normalized spacial score (nSPS) is 11.2. The number of carbonyl (C=O) groups is 4. The number of hydrogen-bond acceptors (Lipinski definition) is 6. The van der Waals surface area contributed by atoms with Gasteiger partial charge in [0.25, 0.3) is 11.8 Å². The molecule has 2 aromatic rings. The van der Waals surface area contributed by atoms with Gasteiger partial charge in [0.2, 0.25) is 0 Å². The van der Waals surface area contributed by atoms with Crippen molar-refractivity contribution >= 4 is 29.3 Å². The fourth-order valence-corrected chi connectivity index (χ4v) is 2.28. The molecule has 0 unspecified atom stereocenters. The number of benzene rings is 2. The molecule has 28 heavy (non-hydrogen) atoms. The Morgan fingerprint density at radius 2 is 1.79 bits per heavy atom. The molecule has 0 fully saturated rings. The highest BCUT2D eigenvalue weighted by molar-refractivity contribution is 5.98. The molecule has 0 bridgehead atoms. The first-order chi connectivity index (χ1) is 13.3. The van der Waals surface area contributed by atoms with Crippen LogP contribution in [0.2, 0.25) is 0 Å². The van der Waals surface area contributed by atoms with E-state index in [1.54, 1.807) is 30.3 Å². The third kappa shape index (κ3) is 5.66. The molecule has 0 saturated carbocycles. The highest BCUT2D eigenvalue weighted by Gasteiger charge is 2.19. The number of nitrogens with one attached hydrogen (secondary N) is 1. The van der Waals surface area contributed by atoms with E-state index in [1.807, 2.05) is 0 Å². The minimum atomic E-state index is -1.09. The summed E-state index contributed by atoms with van der Waals surface area (Å²) >= 11 is 0. The first-order valence-corrected chi connectivity index (χ1v) is 8.41. The first-order valence-electron chi connectivity index (χ1n) is 8.41. The summed E-state index contributed by atoms with van der Waals surface area (Å²) in [6, 6.07) is 12.6. The molecule has 0 spiro atoms. The van der Waals surface area contributed by atoms with Gasteiger partial charge in [0.15, 0.2) is 18.5 Å². The molecule has 0 radical (unpaired) electrons. The van der Waals surface area contributed by atoms with Gasteiger partial charge in [-0.3, -0.25) is 14.4 Å². The Kier molecular flexibility index (Phi) is 6.86. The zero-order valence-corrected chi connectivity index (χ0v) is 15.4. The molecule has 0 aliphatic rings. The molecule has 0 saturated heterocycles. The molecule has 1 atom stereocenters. The number of primary amides is 1. The Morgan fingerprint density at radius 1 is 1.07 bits per heavy atom. The zero-order chi connectivity index (χ0) is 20.7. The van der Waals surface area contributed by atoms with Crippen LogP contribution in [0, 0.1) is 0 Å². The summed E-state index contributed by atoms with van der Waals surface area (Å²) in [5, 5.41) is 2.57. The molecular formula is C20H20N2O6. The molecule has 146 valence electrons. The van der Waals surface area contributed by atoms with Crippen molar-refractivity contribution in [3.63, 3.8) is 0 Å². The van der Waals surface area contributed by atoms with Crippen molar-refractivity contribution in [1.82, 2.24) is 0 Å². The number of rotatable bonds is 8. The lowest BCUT2D eigenvalue weighted by Crippen LogP contribution is -2.31. The maximum absolute atomic E-state index is 12.2. The minimum absolute atomic E-state index is 0.131. The maximum atomic E-state index is 12.2. The predicted octanol–water partition coefficient (Wildman–Crippen LogP) is 1.94. The van der Waals surface area contributed by atoms with Crippen molar-refractivity contribution < 1.29 is 28.7 Å². The van der Waals surface area contributed by atoms with Crippen molar-refractivity contribution in [1.29, 1.82) is 0 Å². The second-order valence-corrected chi connectivity index (χ2v) is 5.91. The van der Waals surface area contributed by atoms with Crippen LogP contribution in [0.25, 0.3) is 0 Å². The van der Waals surface area contributed by atoms with Gasteiger partial charge < -0.3 is 20.5 Å². The van der Waals surface area contributed by atoms with E-state index in [2.05, 4.69) is 5.32 Å². The fraction of sp³-hybridized carbons (Fsp3) is 0.200. The van der Waals surface area contributed by atoms with Crippen LogP contribution in [-0.2, 0) is 14.3 Å². The van der Waals surface area contributed by atoms with E-state index in [-0.39, 0.29) is 17.1 Å². The van der Waals surface area contributed by atoms with Crippen molar-refractivity contribution in [3.05, 3.63) is 59.7 Å². The molecule has 2 aromatic carbocycles. The monoisotopic (exact) mass is 384 g/mol. The summed E-state index contributed by atoms with van der Waals surface area (Å²) in [5.41, 5.74) is 6.22. The number of ether oxygens (including phenoxy) is 2. The summed E-state index contributed by atoms with van der Waals surface area (Å²) in [4.78, 5) is 46.8. The number of carbonyl (C=O) groups excluding carboxylic acids is 4. The number of nitrogens with two attached hydrogens (primary N) is 1. The van der Waals surface area contributed by atoms with Gasteiger partial charge in [-0.05, 0) is 38.1 Å². The van der Waals surface area contributed by atoms with Crippen LogP contribution in [0.3, 0.4) is 0 Å². The molecular weight excluding hydrogens is 364 g/mol. The van der Waals surface area contributed by atoms with Crippen LogP contribution in [0.5, 0.6) is 5.75 Å². The largest absolute Gasteiger partial charge is 0.481 e. The molecule has 8 heteroatoms. The van der Waals surface area contributed by atoms with E-state index in [9.17, 15) is 19.2 Å². The molecule has 0 heterocycles. The van der Waals surface area contributed by atoms with Crippen LogP contribution < -0.4 is 15.8 Å². The number of Topliss-reactive ketones (excluding diaryl/α,β-unsaturated/α-hetero) is 1. The SMILES string of the molecule is CC(=O)c1cccc(NC(=O)[C@H](C)OC(=O)COc2ccccc2C(N)=O)c1. The fourth-order valence-electron chi connectivity index (χ4n) is 2.28. The van der Waals surface area contributed by atoms with Gasteiger partial charge in [-0.25, -0.2) is 4.79 Å². The summed E-state index contributed by atoms with van der Waals surface area (Å²) in [6.45, 7) is 2.32. The van der Waals surface area contributed by atoms with Gasteiger partial charge in [0.05, 0.1) is 5.56 Å². The second-order valence-electron chi connectivity index (χ2n) is 5.91. The van der Waals surface area contributed by atoms with E-state index >= 15 is 0 Å². The smallest absolute Gasteiger partial charge is 0.344 e. The van der Waals surface area contributed by atoms with Crippen LogP contribution in [0.1, 0.15) is 34.6 Å². The molecule has 2 amide bonds. The molecule has 0 aromatic heterocycles. The van der Waals surface area contributed by atoms with Crippen molar-refractivity contribution in [2.24, 2.45) is 5.73 Å². The number of ketones is 1. The Balaban J connectivity index is 1.90. The van der Waals surface area contributed by atoms with E-state index < -0.39 is 30.5 Å². The van der Waals surface area contributed by atoms with Crippen molar-refractivity contribution in [2.45, 2.75) is 20.0 Å². The zero-order valence-electron chi connectivity index (χ0n) is 15.4. The van der Waals surface area contributed by atoms with Gasteiger partial charge >= 0.3 is 5.97 Å². The lowest BCUT2D eigenvalue weighted by atomic mass is 10.1. The molecule has 0 aliphatic heterocycles. The lowest BCUT2D eigenvalue weighted by molar-refractivity contribution is -0.155. The molecule has 3 N–H and O–H groups in total. The van der Waals surface area contributed by atoms with Crippen LogP contribution in [-0.4, -0.2) is 36.3 Å². The van der Waals surface area contributed by atoms with Gasteiger partial charge in [-0.15, -0.1) is 0 Å². The Morgan fingerprint density at radius 3 is 2.46 bits per heavy atom. The lowest BCUT2D eigenvalue weighted by Gasteiger charge is -2.14. The highest BCUT2D eigenvalue weighted by atomic mass is 16.6. The topological polar surface area (TPSA) is 125 Å². The van der Waals surface area contributed by atoms with Gasteiger partial charge in [0, 0.05) is 11.3 Å². The molecule has 8 nitrogen and oxygen atoms in total. The number of para-hydroxylation sites is 1. The van der Waals surface area contributed by atoms with E-state index in [1.165, 1.54) is 32.0 Å². The second kappa shape index (κ2) is 9.31. The van der Waals surface area contributed by atoms with Crippen LogP contribution in [0.4, 0.5) is 5.69 Å². The number of amides is 2. The van der Waals surface area contributed by atoms with Gasteiger partial charge in [-0.2, -0.15) is 0 Å². The average Bonchev–Trinajstić information content (AvgIpc) is 2.66. The Bertz CT molecular complexity index is 909. The van der Waals surface area contributed by atoms with Gasteiger partial charge in [0.1, 0.15) is 5.75 Å².